The molecule has 1 saturated heterocycles. The molecule has 136 valence electrons. The topological polar surface area (TPSA) is 84.1 Å². The number of hydrogen-bond acceptors (Lipinski definition) is 5. The van der Waals surface area contributed by atoms with Crippen LogP contribution in [0.1, 0.15) is 40.3 Å². The highest BCUT2D eigenvalue weighted by Crippen LogP contribution is 2.26. The highest BCUT2D eigenvalue weighted by atomic mass is 16.1. The summed E-state index contributed by atoms with van der Waals surface area (Å²) in [5.74, 6) is 1.57. The maximum absolute atomic E-state index is 12.4. The standard InChI is InChI=1S/C20H25N5O/c21-15-7-4-12-25(13-15)19-16-10-11-22-20(26)18(16)23-17(24-19)9-8-14-5-2-1-3-6-14/h1-3,5-6,15H,4,7-13,21H2,(H,22,26). The Morgan fingerprint density at radius 3 is 2.85 bits per heavy atom. The van der Waals surface area contributed by atoms with Crippen molar-refractivity contribution >= 4 is 11.7 Å². The minimum absolute atomic E-state index is 0.0860. The van der Waals surface area contributed by atoms with E-state index >= 15 is 0 Å². The Hall–Kier alpha value is -2.47. The molecule has 1 atom stereocenters. The van der Waals surface area contributed by atoms with Gasteiger partial charge in [-0.1, -0.05) is 30.3 Å². The number of rotatable bonds is 4. The molecule has 1 aromatic carbocycles. The van der Waals surface area contributed by atoms with Gasteiger partial charge in [0.05, 0.1) is 0 Å². The Bertz CT molecular complexity index is 792. The lowest BCUT2D eigenvalue weighted by atomic mass is 10.0. The second-order valence-corrected chi connectivity index (χ2v) is 7.13. The molecule has 1 unspecified atom stereocenters. The number of nitrogens with one attached hydrogen (secondary N) is 1. The first-order valence-electron chi connectivity index (χ1n) is 9.43. The van der Waals surface area contributed by atoms with Gasteiger partial charge in [-0.15, -0.1) is 0 Å². The van der Waals surface area contributed by atoms with Crippen LogP contribution < -0.4 is 16.0 Å². The average Bonchev–Trinajstić information content (AvgIpc) is 2.67. The first-order chi connectivity index (χ1) is 12.7. The number of benzene rings is 1. The molecule has 0 saturated carbocycles. The zero-order valence-electron chi connectivity index (χ0n) is 14.9. The van der Waals surface area contributed by atoms with E-state index in [-0.39, 0.29) is 11.9 Å². The van der Waals surface area contributed by atoms with E-state index in [1.54, 1.807) is 0 Å². The Morgan fingerprint density at radius 1 is 1.19 bits per heavy atom. The predicted octanol–water partition coefficient (Wildman–Crippen LogP) is 1.48. The molecule has 2 aliphatic rings. The van der Waals surface area contributed by atoms with Gasteiger partial charge in [0.2, 0.25) is 0 Å². The number of piperidine rings is 1. The third-order valence-electron chi connectivity index (χ3n) is 5.14. The van der Waals surface area contributed by atoms with Crippen LogP contribution in [0.25, 0.3) is 0 Å². The van der Waals surface area contributed by atoms with E-state index in [2.05, 4.69) is 27.3 Å². The molecule has 26 heavy (non-hydrogen) atoms. The summed E-state index contributed by atoms with van der Waals surface area (Å²) >= 11 is 0. The van der Waals surface area contributed by atoms with Gasteiger partial charge in [-0.3, -0.25) is 4.79 Å². The molecule has 3 N–H and O–H groups in total. The van der Waals surface area contributed by atoms with Crippen LogP contribution in [0.2, 0.25) is 0 Å². The number of anilines is 1. The van der Waals surface area contributed by atoms with Crippen molar-refractivity contribution in [3.05, 3.63) is 53.0 Å². The van der Waals surface area contributed by atoms with E-state index in [1.807, 2.05) is 18.2 Å². The number of carbonyl (C=O) groups excluding carboxylic acids is 1. The molecule has 0 radical (unpaired) electrons. The van der Waals surface area contributed by atoms with E-state index < -0.39 is 0 Å². The van der Waals surface area contributed by atoms with Gasteiger partial charge in [0, 0.05) is 37.7 Å². The molecule has 0 spiro atoms. The summed E-state index contributed by atoms with van der Waals surface area (Å²) in [5.41, 5.74) is 8.95. The van der Waals surface area contributed by atoms with Crippen LogP contribution in [-0.2, 0) is 19.3 Å². The van der Waals surface area contributed by atoms with Crippen LogP contribution in [0.5, 0.6) is 0 Å². The molecule has 1 amide bonds. The third-order valence-corrected chi connectivity index (χ3v) is 5.14. The lowest BCUT2D eigenvalue weighted by Gasteiger charge is -2.34. The maximum atomic E-state index is 12.4. The minimum atomic E-state index is -0.0860. The Kier molecular flexibility index (Phi) is 4.84. The molecule has 0 aliphatic carbocycles. The number of nitrogens with zero attached hydrogens (tertiary/aromatic N) is 3. The van der Waals surface area contributed by atoms with E-state index in [4.69, 9.17) is 10.7 Å². The van der Waals surface area contributed by atoms with E-state index in [1.165, 1.54) is 5.56 Å². The van der Waals surface area contributed by atoms with Gasteiger partial charge < -0.3 is 16.0 Å². The monoisotopic (exact) mass is 351 g/mol. The SMILES string of the molecule is NC1CCCN(c2nc(CCc3ccccc3)nc3c2CCNC3=O)C1. The molecule has 0 bridgehead atoms. The first kappa shape index (κ1) is 17.0. The van der Waals surface area contributed by atoms with Gasteiger partial charge in [0.25, 0.3) is 5.91 Å². The molecule has 6 nitrogen and oxygen atoms in total. The Labute approximate surface area is 153 Å². The predicted molar refractivity (Wildman–Crippen MR) is 101 cm³/mol. The van der Waals surface area contributed by atoms with Gasteiger partial charge in [-0.25, -0.2) is 9.97 Å². The van der Waals surface area contributed by atoms with Crippen molar-refractivity contribution in [2.45, 2.75) is 38.1 Å². The summed E-state index contributed by atoms with van der Waals surface area (Å²) in [6, 6.07) is 10.5. The molecule has 1 fully saturated rings. The molecule has 2 aromatic rings. The van der Waals surface area contributed by atoms with E-state index in [0.717, 1.165) is 62.4 Å². The van der Waals surface area contributed by atoms with Crippen LogP contribution in [0.3, 0.4) is 0 Å². The zero-order chi connectivity index (χ0) is 17.9. The summed E-state index contributed by atoms with van der Waals surface area (Å²) in [6.45, 7) is 2.38. The fourth-order valence-electron chi connectivity index (χ4n) is 3.80. The molecule has 3 heterocycles. The van der Waals surface area contributed by atoms with E-state index in [9.17, 15) is 4.79 Å². The largest absolute Gasteiger partial charge is 0.355 e. The molecule has 2 aliphatic heterocycles. The van der Waals surface area contributed by atoms with Crippen molar-refractivity contribution in [3.63, 3.8) is 0 Å². The van der Waals surface area contributed by atoms with Gasteiger partial charge >= 0.3 is 0 Å². The van der Waals surface area contributed by atoms with Crippen molar-refractivity contribution in [2.75, 3.05) is 24.5 Å². The Morgan fingerprint density at radius 2 is 2.04 bits per heavy atom. The normalized spacial score (nSPS) is 19.8. The molecule has 1 aromatic heterocycles. The maximum Gasteiger partial charge on any atom is 0.270 e. The molecular weight excluding hydrogens is 326 g/mol. The number of amides is 1. The number of fused-ring (bicyclic) bond motifs is 1. The van der Waals surface area contributed by atoms with Crippen LogP contribution in [0, 0.1) is 0 Å². The second-order valence-electron chi connectivity index (χ2n) is 7.13. The average molecular weight is 351 g/mol. The van der Waals surface area contributed by atoms with E-state index in [0.29, 0.717) is 12.2 Å². The third kappa shape index (κ3) is 3.55. The van der Waals surface area contributed by atoms with Gasteiger partial charge in [0.1, 0.15) is 17.3 Å². The number of hydrogen-bond donors (Lipinski definition) is 2. The smallest absolute Gasteiger partial charge is 0.270 e. The fourth-order valence-corrected chi connectivity index (χ4v) is 3.80. The summed E-state index contributed by atoms with van der Waals surface area (Å²) in [5, 5.41) is 2.91. The number of carbonyl (C=O) groups is 1. The quantitative estimate of drug-likeness (QED) is 0.872. The number of nitrogens with two attached hydrogens (primary N) is 1. The highest BCUT2D eigenvalue weighted by Gasteiger charge is 2.28. The lowest BCUT2D eigenvalue weighted by molar-refractivity contribution is 0.0940. The van der Waals surface area contributed by atoms with Crippen molar-refractivity contribution in [1.29, 1.82) is 0 Å². The van der Waals surface area contributed by atoms with Crippen molar-refractivity contribution in [3.8, 4) is 0 Å². The first-order valence-corrected chi connectivity index (χ1v) is 9.43. The van der Waals surface area contributed by atoms with Crippen LogP contribution >= 0.6 is 0 Å². The Balaban J connectivity index is 1.65. The number of aromatic nitrogens is 2. The molecular formula is C20H25N5O. The summed E-state index contributed by atoms with van der Waals surface area (Å²) in [4.78, 5) is 24.1. The summed E-state index contributed by atoms with van der Waals surface area (Å²) in [7, 11) is 0. The minimum Gasteiger partial charge on any atom is -0.355 e. The van der Waals surface area contributed by atoms with Crippen molar-refractivity contribution in [1.82, 2.24) is 15.3 Å². The van der Waals surface area contributed by atoms with Gasteiger partial charge in [0.15, 0.2) is 0 Å². The fraction of sp³-hybridized carbons (Fsp3) is 0.450. The van der Waals surface area contributed by atoms with Crippen molar-refractivity contribution in [2.24, 2.45) is 5.73 Å². The molecule has 6 heteroatoms. The van der Waals surface area contributed by atoms with Crippen LogP contribution in [0.4, 0.5) is 5.82 Å². The second kappa shape index (κ2) is 7.41. The summed E-state index contributed by atoms with van der Waals surface area (Å²) in [6.07, 6.45) is 4.47. The number of aryl methyl sites for hydroxylation is 2. The molecule has 4 rings (SSSR count). The van der Waals surface area contributed by atoms with Crippen molar-refractivity contribution < 1.29 is 4.79 Å². The zero-order valence-corrected chi connectivity index (χ0v) is 14.9. The highest BCUT2D eigenvalue weighted by molar-refractivity contribution is 5.96. The lowest BCUT2D eigenvalue weighted by Crippen LogP contribution is -2.44. The van der Waals surface area contributed by atoms with Gasteiger partial charge in [-0.05, 0) is 31.2 Å². The summed E-state index contributed by atoms with van der Waals surface area (Å²) < 4.78 is 0. The van der Waals surface area contributed by atoms with Crippen LogP contribution in [-0.4, -0.2) is 41.6 Å². The van der Waals surface area contributed by atoms with Gasteiger partial charge in [-0.2, -0.15) is 0 Å². The van der Waals surface area contributed by atoms with Crippen LogP contribution in [0.15, 0.2) is 30.3 Å².